The number of hydrogen-bond acceptors (Lipinski definition) is 3. The van der Waals surface area contributed by atoms with Gasteiger partial charge < -0.3 is 4.74 Å². The third-order valence-corrected chi connectivity index (χ3v) is 2.59. The summed E-state index contributed by atoms with van der Waals surface area (Å²) in [5, 5.41) is 3.97. The Morgan fingerprint density at radius 3 is 2.47 bits per heavy atom. The molecule has 0 aliphatic rings. The van der Waals surface area contributed by atoms with E-state index in [1.807, 2.05) is 26.8 Å². The zero-order valence-electron chi connectivity index (χ0n) is 12.0. The molecule has 0 atom stereocenters. The van der Waals surface area contributed by atoms with E-state index in [0.717, 1.165) is 5.56 Å². The summed E-state index contributed by atoms with van der Waals surface area (Å²) in [6.07, 6.45) is 0. The number of methoxy groups -OCH3 is 1. The van der Waals surface area contributed by atoms with Crippen LogP contribution in [0, 0.1) is 6.92 Å². The van der Waals surface area contributed by atoms with Gasteiger partial charge in [0.05, 0.1) is 12.8 Å². The van der Waals surface area contributed by atoms with Gasteiger partial charge in [-0.25, -0.2) is 14.0 Å². The molecule has 2 rings (SSSR count). The summed E-state index contributed by atoms with van der Waals surface area (Å²) in [5.74, 6) is 0. The van der Waals surface area contributed by atoms with Gasteiger partial charge in [-0.1, -0.05) is 30.9 Å². The van der Waals surface area contributed by atoms with Crippen LogP contribution in [0.4, 0.5) is 0 Å². The number of hydrogen-bond donors (Lipinski definition) is 0. The van der Waals surface area contributed by atoms with E-state index in [9.17, 15) is 4.79 Å². The van der Waals surface area contributed by atoms with Crippen molar-refractivity contribution in [3.8, 4) is 11.7 Å². The molecule has 0 spiro atoms. The highest BCUT2D eigenvalue weighted by Crippen LogP contribution is 2.12. The van der Waals surface area contributed by atoms with Gasteiger partial charge >= 0.3 is 11.7 Å². The van der Waals surface area contributed by atoms with Crippen LogP contribution < -0.4 is 15.9 Å². The Kier molecular flexibility index (Phi) is 4.98. The van der Waals surface area contributed by atoms with Gasteiger partial charge in [-0.2, -0.15) is 0 Å². The predicted octanol–water partition coefficient (Wildman–Crippen LogP) is 0.708. The van der Waals surface area contributed by atoms with Crippen molar-refractivity contribution in [3.63, 3.8) is 0 Å². The Morgan fingerprint density at radius 1 is 1.32 bits per heavy atom. The largest absolute Gasteiger partial charge is 0.467 e. The second-order valence-electron chi connectivity index (χ2n) is 3.77. The first kappa shape index (κ1) is 15.1. The molecule has 1 aromatic heterocycles. The van der Waals surface area contributed by atoms with E-state index in [1.165, 1.54) is 16.4 Å². The number of ether oxygens (including phenoxy) is 1. The van der Waals surface area contributed by atoms with Crippen molar-refractivity contribution in [2.75, 3.05) is 7.11 Å². The van der Waals surface area contributed by atoms with E-state index in [-0.39, 0.29) is 11.7 Å². The molecule has 19 heavy (non-hydrogen) atoms. The van der Waals surface area contributed by atoms with Gasteiger partial charge in [0.25, 0.3) is 0 Å². The topological polar surface area (TPSA) is 49.0 Å². The molecule has 0 amide bonds. The Balaban J connectivity index is 0.000000861. The summed E-state index contributed by atoms with van der Waals surface area (Å²) < 4.78 is 7.69. The smallest absolute Gasteiger partial charge is 0.353 e. The molecule has 0 aliphatic heterocycles. The first-order valence-electron chi connectivity index (χ1n) is 6.11. The molecular formula is C13H18BN3O2. The maximum atomic E-state index is 11.9. The minimum atomic E-state index is -0.258. The Bertz CT molecular complexity index is 617. The number of aromatic nitrogens is 3. The van der Waals surface area contributed by atoms with Crippen molar-refractivity contribution in [2.24, 2.45) is 7.05 Å². The van der Waals surface area contributed by atoms with Gasteiger partial charge in [-0.3, -0.25) is 0 Å². The molecule has 1 heterocycles. The van der Waals surface area contributed by atoms with E-state index in [0.29, 0.717) is 11.2 Å². The quantitative estimate of drug-likeness (QED) is 0.746. The van der Waals surface area contributed by atoms with Gasteiger partial charge in [0, 0.05) is 7.05 Å². The summed E-state index contributed by atoms with van der Waals surface area (Å²) in [6, 6.07) is 5.58. The second kappa shape index (κ2) is 6.27. The van der Waals surface area contributed by atoms with Crippen LogP contribution in [0.3, 0.4) is 0 Å². The average Bonchev–Trinajstić information content (AvgIpc) is 2.71. The SMILES string of the molecule is CC.[B]c1ccc(-n2c(OC)nn(C)c2=O)cc1C. The maximum Gasteiger partial charge on any atom is 0.353 e. The fourth-order valence-electron chi connectivity index (χ4n) is 1.59. The Hall–Kier alpha value is -1.98. The first-order chi connectivity index (χ1) is 9.04. The second-order valence-corrected chi connectivity index (χ2v) is 3.77. The average molecular weight is 259 g/mol. The van der Waals surface area contributed by atoms with E-state index in [4.69, 9.17) is 12.6 Å². The van der Waals surface area contributed by atoms with Gasteiger partial charge in [0.15, 0.2) is 0 Å². The molecule has 0 saturated carbocycles. The van der Waals surface area contributed by atoms with Crippen molar-refractivity contribution in [1.29, 1.82) is 0 Å². The minimum Gasteiger partial charge on any atom is -0.467 e. The van der Waals surface area contributed by atoms with Gasteiger partial charge in [0.2, 0.25) is 0 Å². The lowest BCUT2D eigenvalue weighted by Gasteiger charge is -2.06. The van der Waals surface area contributed by atoms with Gasteiger partial charge in [-0.15, -0.1) is 5.10 Å². The van der Waals surface area contributed by atoms with Crippen LogP contribution in [0.25, 0.3) is 5.69 Å². The number of benzene rings is 1. The van der Waals surface area contributed by atoms with Crippen molar-refractivity contribution >= 4 is 13.3 Å². The van der Waals surface area contributed by atoms with Crippen LogP contribution in [-0.2, 0) is 7.05 Å². The van der Waals surface area contributed by atoms with Crippen LogP contribution in [0.15, 0.2) is 23.0 Å². The lowest BCUT2D eigenvalue weighted by Crippen LogP contribution is -2.22. The van der Waals surface area contributed by atoms with Crippen LogP contribution in [0.5, 0.6) is 6.01 Å². The fourth-order valence-corrected chi connectivity index (χ4v) is 1.59. The van der Waals surface area contributed by atoms with Crippen molar-refractivity contribution < 1.29 is 4.74 Å². The lowest BCUT2D eigenvalue weighted by molar-refractivity contribution is 0.368. The summed E-state index contributed by atoms with van der Waals surface area (Å²) in [4.78, 5) is 11.9. The number of aryl methyl sites for hydroxylation is 2. The molecule has 0 unspecified atom stereocenters. The van der Waals surface area contributed by atoms with Gasteiger partial charge in [0.1, 0.15) is 7.85 Å². The zero-order valence-corrected chi connectivity index (χ0v) is 12.0. The lowest BCUT2D eigenvalue weighted by atomic mass is 9.91. The van der Waals surface area contributed by atoms with Crippen molar-refractivity contribution in [3.05, 3.63) is 34.2 Å². The highest BCUT2D eigenvalue weighted by molar-refractivity contribution is 6.33. The molecule has 2 radical (unpaired) electrons. The predicted molar refractivity (Wildman–Crippen MR) is 76.8 cm³/mol. The van der Waals surface area contributed by atoms with Crippen LogP contribution in [-0.4, -0.2) is 29.3 Å². The first-order valence-corrected chi connectivity index (χ1v) is 6.11. The molecule has 100 valence electrons. The van der Waals surface area contributed by atoms with Gasteiger partial charge in [-0.05, 0) is 19.1 Å². The molecule has 2 aromatic rings. The highest BCUT2D eigenvalue weighted by Gasteiger charge is 2.13. The molecule has 0 bridgehead atoms. The molecule has 0 N–H and O–H groups in total. The fraction of sp³-hybridized carbons (Fsp3) is 0.385. The number of nitrogens with zero attached hydrogens (tertiary/aromatic N) is 3. The maximum absolute atomic E-state index is 11.9. The van der Waals surface area contributed by atoms with Crippen molar-refractivity contribution in [1.82, 2.24) is 14.3 Å². The Labute approximate surface area is 114 Å². The summed E-state index contributed by atoms with van der Waals surface area (Å²) >= 11 is 0. The third-order valence-electron chi connectivity index (χ3n) is 2.59. The van der Waals surface area contributed by atoms with Crippen LogP contribution in [0.1, 0.15) is 19.4 Å². The third kappa shape index (κ3) is 2.89. The van der Waals surface area contributed by atoms with E-state index in [2.05, 4.69) is 5.10 Å². The monoisotopic (exact) mass is 259 g/mol. The van der Waals surface area contributed by atoms with Crippen LogP contribution >= 0.6 is 0 Å². The highest BCUT2D eigenvalue weighted by atomic mass is 16.5. The zero-order chi connectivity index (χ0) is 14.6. The molecule has 1 aromatic carbocycles. The molecule has 6 heteroatoms. The summed E-state index contributed by atoms with van der Waals surface area (Å²) in [5.41, 5.74) is 2.02. The van der Waals surface area contributed by atoms with E-state index < -0.39 is 0 Å². The summed E-state index contributed by atoms with van der Waals surface area (Å²) in [7, 11) is 8.79. The summed E-state index contributed by atoms with van der Waals surface area (Å²) in [6.45, 7) is 5.88. The van der Waals surface area contributed by atoms with E-state index in [1.54, 1.807) is 19.2 Å². The molecular weight excluding hydrogens is 241 g/mol. The minimum absolute atomic E-state index is 0.252. The van der Waals surface area contributed by atoms with E-state index >= 15 is 0 Å². The normalized spacial score (nSPS) is 9.74. The van der Waals surface area contributed by atoms with Crippen molar-refractivity contribution in [2.45, 2.75) is 20.8 Å². The standard InChI is InChI=1S/C11H12BN3O2.C2H6/c1-7-6-8(4-5-9(7)12)15-10(17-3)13-14(2)11(15)16;1-2/h4-6H,1-3H3;1-2H3. The molecule has 5 nitrogen and oxygen atoms in total. The molecule has 0 saturated heterocycles. The number of rotatable bonds is 2. The Morgan fingerprint density at radius 2 is 1.95 bits per heavy atom. The molecule has 0 aliphatic carbocycles. The van der Waals surface area contributed by atoms with Crippen LogP contribution in [0.2, 0.25) is 0 Å². The molecule has 0 fully saturated rings.